The average molecular weight is 725 g/mol. The summed E-state index contributed by atoms with van der Waals surface area (Å²) < 4.78 is 41.2. The van der Waals surface area contributed by atoms with Crippen molar-refractivity contribution in [3.63, 3.8) is 0 Å². The van der Waals surface area contributed by atoms with Crippen molar-refractivity contribution in [3.8, 4) is 23.0 Å². The minimum Gasteiger partial charge on any atom is -0.462 e. The van der Waals surface area contributed by atoms with Crippen molar-refractivity contribution in [1.82, 2.24) is 0 Å². The molecule has 0 heterocycles. The van der Waals surface area contributed by atoms with E-state index in [0.717, 1.165) is 0 Å². The van der Waals surface area contributed by atoms with Gasteiger partial charge in [-0.3, -0.25) is 9.59 Å². The molecule has 0 spiro atoms. The Hall–Kier alpha value is -5.66. The van der Waals surface area contributed by atoms with Crippen LogP contribution in [0.2, 0.25) is 0 Å². The number of esters is 4. The summed E-state index contributed by atoms with van der Waals surface area (Å²) in [5, 5.41) is 0. The van der Waals surface area contributed by atoms with Crippen molar-refractivity contribution >= 4 is 36.2 Å². The van der Waals surface area contributed by atoms with E-state index in [4.69, 9.17) is 37.9 Å². The van der Waals surface area contributed by atoms with Crippen LogP contribution in [0.15, 0.2) is 72.8 Å². The summed E-state index contributed by atoms with van der Waals surface area (Å²) in [4.78, 5) is 72.0. The molecule has 1 fully saturated rings. The number of unbranched alkanes of at least 4 members (excludes halogenated alkanes) is 2. The Labute approximate surface area is 301 Å². The summed E-state index contributed by atoms with van der Waals surface area (Å²) in [5.41, 5.74) is 0.626. The van der Waals surface area contributed by atoms with Crippen LogP contribution in [0.3, 0.4) is 0 Å². The van der Waals surface area contributed by atoms with Gasteiger partial charge in [-0.15, -0.1) is 0 Å². The smallest absolute Gasteiger partial charge is 0.462 e. The van der Waals surface area contributed by atoms with E-state index in [9.17, 15) is 28.8 Å². The van der Waals surface area contributed by atoms with Gasteiger partial charge in [0.05, 0.1) is 38.3 Å². The van der Waals surface area contributed by atoms with E-state index in [1.165, 1.54) is 48.5 Å². The molecule has 2 aromatic carbocycles. The van der Waals surface area contributed by atoms with Gasteiger partial charge in [0.15, 0.2) is 0 Å². The molecule has 0 N–H and O–H groups in total. The summed E-state index contributed by atoms with van der Waals surface area (Å²) in [5.74, 6) is -1.62. The van der Waals surface area contributed by atoms with Crippen molar-refractivity contribution in [2.75, 3.05) is 26.4 Å². The van der Waals surface area contributed by atoms with Crippen LogP contribution in [0.4, 0.5) is 9.59 Å². The van der Waals surface area contributed by atoms with E-state index in [1.807, 2.05) is 0 Å². The van der Waals surface area contributed by atoms with Crippen LogP contribution in [0.1, 0.15) is 65.2 Å². The van der Waals surface area contributed by atoms with Gasteiger partial charge in [-0.1, -0.05) is 13.2 Å². The summed E-state index contributed by atoms with van der Waals surface area (Å²) in [6, 6.07) is 11.8. The number of carbonyl (C=O) groups is 6. The monoisotopic (exact) mass is 724 g/mol. The minimum atomic E-state index is -0.895. The second-order valence-corrected chi connectivity index (χ2v) is 12.0. The first kappa shape index (κ1) is 40.8. The van der Waals surface area contributed by atoms with Crippen LogP contribution in [-0.2, 0) is 38.1 Å². The predicted molar refractivity (Wildman–Crippen MR) is 184 cm³/mol. The fraction of sp³-hybridized carbons (Fsp3) is 0.421. The SMILES string of the molecule is C=C(C)C(=O)OCCCCOC(=O)Oc1ccc(OC(=O)C2CCC(C(=O)Oc3ccc(OC(=O)OCCCCOC(=O)C(=C)C)cc3)CC2)cc1. The Morgan fingerprint density at radius 2 is 0.750 bits per heavy atom. The van der Waals surface area contributed by atoms with Gasteiger partial charge in [-0.2, -0.15) is 0 Å². The van der Waals surface area contributed by atoms with Gasteiger partial charge < -0.3 is 37.9 Å². The maximum absolute atomic E-state index is 12.8. The molecule has 1 aliphatic rings. The van der Waals surface area contributed by atoms with Crippen LogP contribution >= 0.6 is 0 Å². The number of hydrogen-bond donors (Lipinski definition) is 0. The van der Waals surface area contributed by atoms with E-state index in [1.54, 1.807) is 13.8 Å². The standard InChI is InChI=1S/C38H44O14/c1-25(2)33(39)45-21-5-7-23-47-37(43)51-31-17-13-29(14-18-31)49-35(41)27-9-11-28(12-10-27)36(42)50-30-15-19-32(20-16-30)52-38(44)48-24-8-6-22-46-34(40)26(3)4/h13-20,27-28H,1,3,5-12,21-24H2,2,4H3. The zero-order chi connectivity index (χ0) is 37.9. The molecule has 2 aromatic rings. The maximum atomic E-state index is 12.8. The molecule has 0 unspecified atom stereocenters. The molecule has 14 nitrogen and oxygen atoms in total. The third-order valence-corrected chi connectivity index (χ3v) is 7.56. The van der Waals surface area contributed by atoms with E-state index in [-0.39, 0.29) is 49.4 Å². The van der Waals surface area contributed by atoms with Crippen molar-refractivity contribution in [1.29, 1.82) is 0 Å². The third kappa shape index (κ3) is 15.1. The molecule has 1 saturated carbocycles. The number of ether oxygens (including phenoxy) is 8. The molecule has 3 rings (SSSR count). The van der Waals surface area contributed by atoms with Crippen LogP contribution < -0.4 is 18.9 Å². The highest BCUT2D eigenvalue weighted by molar-refractivity contribution is 5.87. The van der Waals surface area contributed by atoms with E-state index in [2.05, 4.69) is 13.2 Å². The molecule has 52 heavy (non-hydrogen) atoms. The lowest BCUT2D eigenvalue weighted by molar-refractivity contribution is -0.145. The molecule has 0 atom stereocenters. The lowest BCUT2D eigenvalue weighted by Crippen LogP contribution is -2.30. The second-order valence-electron chi connectivity index (χ2n) is 12.0. The first-order valence-electron chi connectivity index (χ1n) is 16.9. The number of benzene rings is 2. The highest BCUT2D eigenvalue weighted by atomic mass is 16.7. The van der Waals surface area contributed by atoms with Gasteiger partial charge in [0.2, 0.25) is 0 Å². The fourth-order valence-corrected chi connectivity index (χ4v) is 4.66. The molecule has 0 aromatic heterocycles. The molecule has 280 valence electrons. The molecular formula is C38H44O14. The van der Waals surface area contributed by atoms with Crippen molar-refractivity contribution in [2.24, 2.45) is 11.8 Å². The molecule has 0 aliphatic heterocycles. The lowest BCUT2D eigenvalue weighted by atomic mass is 9.82. The molecule has 14 heteroatoms. The fourth-order valence-electron chi connectivity index (χ4n) is 4.66. The summed E-state index contributed by atoms with van der Waals surface area (Å²) in [6.07, 6.45) is 1.94. The molecule has 0 amide bonds. The van der Waals surface area contributed by atoms with Gasteiger partial charge in [0.25, 0.3) is 0 Å². The largest absolute Gasteiger partial charge is 0.513 e. The predicted octanol–water partition coefficient (Wildman–Crippen LogP) is 6.83. The van der Waals surface area contributed by atoms with Gasteiger partial charge in [0, 0.05) is 11.1 Å². The van der Waals surface area contributed by atoms with Gasteiger partial charge in [0.1, 0.15) is 23.0 Å². The maximum Gasteiger partial charge on any atom is 0.513 e. The quantitative estimate of drug-likeness (QED) is 0.0390. The number of carbonyl (C=O) groups excluding carboxylic acids is 6. The first-order valence-corrected chi connectivity index (χ1v) is 16.9. The lowest BCUT2D eigenvalue weighted by Gasteiger charge is -2.25. The average Bonchev–Trinajstić information content (AvgIpc) is 3.12. The number of rotatable bonds is 18. The van der Waals surface area contributed by atoms with Crippen molar-refractivity contribution in [2.45, 2.75) is 65.2 Å². The van der Waals surface area contributed by atoms with E-state index in [0.29, 0.717) is 62.5 Å². The Morgan fingerprint density at radius 1 is 0.481 bits per heavy atom. The summed E-state index contributed by atoms with van der Waals surface area (Å²) in [6.45, 7) is 10.7. The Balaban J connectivity index is 1.29. The highest BCUT2D eigenvalue weighted by Crippen LogP contribution is 2.32. The molecule has 1 aliphatic carbocycles. The highest BCUT2D eigenvalue weighted by Gasteiger charge is 2.32. The Kier molecular flexibility index (Phi) is 16.9. The zero-order valence-electron chi connectivity index (χ0n) is 29.4. The first-order chi connectivity index (χ1) is 24.9. The zero-order valence-corrected chi connectivity index (χ0v) is 29.4. The second kappa shape index (κ2) is 21.5. The van der Waals surface area contributed by atoms with E-state index < -0.39 is 48.0 Å². The summed E-state index contributed by atoms with van der Waals surface area (Å²) >= 11 is 0. The van der Waals surface area contributed by atoms with E-state index >= 15 is 0 Å². The van der Waals surface area contributed by atoms with Crippen LogP contribution in [0, 0.1) is 11.8 Å². The van der Waals surface area contributed by atoms with Crippen LogP contribution in [0.25, 0.3) is 0 Å². The summed E-state index contributed by atoms with van der Waals surface area (Å²) in [7, 11) is 0. The topological polar surface area (TPSA) is 176 Å². The van der Waals surface area contributed by atoms with Gasteiger partial charge in [-0.25, -0.2) is 19.2 Å². The van der Waals surface area contributed by atoms with Crippen LogP contribution in [-0.4, -0.2) is 62.6 Å². The Morgan fingerprint density at radius 3 is 1.04 bits per heavy atom. The molecule has 0 radical (unpaired) electrons. The van der Waals surface area contributed by atoms with Gasteiger partial charge in [-0.05, 0) is 114 Å². The van der Waals surface area contributed by atoms with Crippen LogP contribution in [0.5, 0.6) is 23.0 Å². The normalized spacial score (nSPS) is 14.9. The van der Waals surface area contributed by atoms with Gasteiger partial charge >= 0.3 is 36.2 Å². The Bertz CT molecular complexity index is 1440. The number of hydrogen-bond acceptors (Lipinski definition) is 14. The van der Waals surface area contributed by atoms with Crippen molar-refractivity contribution in [3.05, 3.63) is 72.8 Å². The molecule has 0 bridgehead atoms. The third-order valence-electron chi connectivity index (χ3n) is 7.56. The minimum absolute atomic E-state index is 0.0871. The van der Waals surface area contributed by atoms with Crippen molar-refractivity contribution < 1.29 is 66.7 Å². The molecule has 0 saturated heterocycles. The molecular weight excluding hydrogens is 680 g/mol.